The lowest BCUT2D eigenvalue weighted by molar-refractivity contribution is -0.0771. The lowest BCUT2D eigenvalue weighted by Crippen LogP contribution is -2.37. The van der Waals surface area contributed by atoms with E-state index < -0.39 is 0 Å². The van der Waals surface area contributed by atoms with E-state index in [1.54, 1.807) is 0 Å². The molecule has 0 aliphatic carbocycles. The highest BCUT2D eigenvalue weighted by atomic mass is 16.5. The minimum atomic E-state index is 0.0221. The van der Waals surface area contributed by atoms with Crippen LogP contribution in [0, 0.1) is 5.92 Å². The molecule has 1 N–H and O–H groups in total. The number of ether oxygens (including phenoxy) is 1. The van der Waals surface area contributed by atoms with Crippen molar-refractivity contribution in [2.45, 2.75) is 44.6 Å². The molecular formula is C20H34N2O. The maximum atomic E-state index is 5.93. The molecule has 0 saturated carbocycles. The predicted octanol–water partition coefficient (Wildman–Crippen LogP) is 3.52. The molecule has 1 aromatic carbocycles. The molecule has 0 unspecified atom stereocenters. The molecular weight excluding hydrogens is 284 g/mol. The summed E-state index contributed by atoms with van der Waals surface area (Å²) in [6.45, 7) is 8.61. The van der Waals surface area contributed by atoms with Crippen molar-refractivity contribution in [1.82, 2.24) is 10.2 Å². The second-order valence-corrected chi connectivity index (χ2v) is 7.72. The van der Waals surface area contributed by atoms with Gasteiger partial charge in [0.25, 0.3) is 0 Å². The van der Waals surface area contributed by atoms with Gasteiger partial charge in [-0.15, -0.1) is 0 Å². The number of hydrogen-bond donors (Lipinski definition) is 1. The van der Waals surface area contributed by atoms with E-state index >= 15 is 0 Å². The first-order valence-electron chi connectivity index (χ1n) is 9.02. The number of nitrogens with one attached hydrogen (secondary N) is 1. The van der Waals surface area contributed by atoms with Gasteiger partial charge in [-0.25, -0.2) is 0 Å². The van der Waals surface area contributed by atoms with Crippen molar-refractivity contribution in [2.75, 3.05) is 40.3 Å². The molecule has 2 rings (SSSR count). The molecule has 0 spiro atoms. The summed E-state index contributed by atoms with van der Waals surface area (Å²) in [5.74, 6) is 1.35. The Morgan fingerprint density at radius 3 is 2.61 bits per heavy atom. The minimum Gasteiger partial charge on any atom is -0.376 e. The Hall–Kier alpha value is -0.900. The van der Waals surface area contributed by atoms with Gasteiger partial charge in [-0.1, -0.05) is 30.3 Å². The molecule has 1 aliphatic rings. The van der Waals surface area contributed by atoms with Crippen LogP contribution in [0.2, 0.25) is 0 Å². The van der Waals surface area contributed by atoms with Crippen molar-refractivity contribution >= 4 is 0 Å². The lowest BCUT2D eigenvalue weighted by Gasteiger charge is -2.39. The van der Waals surface area contributed by atoms with Gasteiger partial charge in [-0.05, 0) is 71.1 Å². The van der Waals surface area contributed by atoms with Gasteiger partial charge in [-0.3, -0.25) is 0 Å². The summed E-state index contributed by atoms with van der Waals surface area (Å²) in [7, 11) is 4.25. The van der Waals surface area contributed by atoms with Gasteiger partial charge in [0.15, 0.2) is 0 Å². The number of nitrogens with zero attached hydrogens (tertiary/aromatic N) is 1. The molecule has 0 bridgehead atoms. The van der Waals surface area contributed by atoms with Crippen LogP contribution in [0.15, 0.2) is 30.3 Å². The van der Waals surface area contributed by atoms with Crippen molar-refractivity contribution in [1.29, 1.82) is 0 Å². The number of likely N-dealkylation sites (N-methyl/N-ethyl adjacent to an activating group) is 1. The smallest absolute Gasteiger partial charge is 0.0629 e. The highest BCUT2D eigenvalue weighted by Gasteiger charge is 2.33. The Balaban J connectivity index is 1.95. The molecule has 3 heteroatoms. The third kappa shape index (κ3) is 6.25. The van der Waals surface area contributed by atoms with Crippen LogP contribution in [0.1, 0.15) is 44.6 Å². The van der Waals surface area contributed by atoms with Crippen LogP contribution in [0.4, 0.5) is 0 Å². The zero-order valence-electron chi connectivity index (χ0n) is 15.3. The zero-order valence-corrected chi connectivity index (χ0v) is 15.3. The lowest BCUT2D eigenvalue weighted by atomic mass is 9.75. The Morgan fingerprint density at radius 2 is 1.96 bits per heavy atom. The molecule has 3 nitrogen and oxygen atoms in total. The maximum absolute atomic E-state index is 5.93. The van der Waals surface area contributed by atoms with E-state index in [2.05, 4.69) is 68.5 Å². The fraction of sp³-hybridized carbons (Fsp3) is 0.700. The summed E-state index contributed by atoms with van der Waals surface area (Å²) in [5, 5.41) is 3.60. The largest absolute Gasteiger partial charge is 0.376 e. The Kier molecular flexibility index (Phi) is 7.07. The zero-order chi connectivity index (χ0) is 16.7. The van der Waals surface area contributed by atoms with E-state index in [-0.39, 0.29) is 5.60 Å². The monoisotopic (exact) mass is 318 g/mol. The van der Waals surface area contributed by atoms with Crippen molar-refractivity contribution in [3.63, 3.8) is 0 Å². The predicted molar refractivity (Wildman–Crippen MR) is 98.0 cm³/mol. The summed E-state index contributed by atoms with van der Waals surface area (Å²) in [5.41, 5.74) is 1.51. The van der Waals surface area contributed by atoms with Gasteiger partial charge in [0, 0.05) is 19.7 Å². The van der Waals surface area contributed by atoms with Gasteiger partial charge in [0.2, 0.25) is 0 Å². The van der Waals surface area contributed by atoms with E-state index in [0.29, 0.717) is 5.92 Å². The molecule has 23 heavy (non-hydrogen) atoms. The average Bonchev–Trinajstić information content (AvgIpc) is 2.50. The fourth-order valence-electron chi connectivity index (χ4n) is 3.68. The summed E-state index contributed by atoms with van der Waals surface area (Å²) in [6, 6.07) is 11.1. The van der Waals surface area contributed by atoms with Gasteiger partial charge >= 0.3 is 0 Å². The SMILES string of the molecule is CN(C)CCNCC[C@@H](c1ccccc1)[C@H]1CCOC(C)(C)C1. The molecule has 130 valence electrons. The molecule has 1 aromatic rings. The Bertz CT molecular complexity index is 444. The van der Waals surface area contributed by atoms with E-state index in [0.717, 1.165) is 38.6 Å². The van der Waals surface area contributed by atoms with E-state index in [4.69, 9.17) is 4.74 Å². The van der Waals surface area contributed by atoms with E-state index in [1.807, 2.05) is 0 Å². The first kappa shape index (κ1) is 18.4. The van der Waals surface area contributed by atoms with Gasteiger partial charge < -0.3 is 15.0 Å². The second kappa shape index (κ2) is 8.81. The average molecular weight is 319 g/mol. The molecule has 1 aliphatic heterocycles. The topological polar surface area (TPSA) is 24.5 Å². The molecule has 1 saturated heterocycles. The van der Waals surface area contributed by atoms with Crippen LogP contribution in [0.3, 0.4) is 0 Å². The van der Waals surface area contributed by atoms with Crippen molar-refractivity contribution in [3.05, 3.63) is 35.9 Å². The third-order valence-electron chi connectivity index (χ3n) is 4.90. The van der Waals surface area contributed by atoms with Crippen LogP contribution in [0.25, 0.3) is 0 Å². The van der Waals surface area contributed by atoms with Gasteiger partial charge in [-0.2, -0.15) is 0 Å². The van der Waals surface area contributed by atoms with Crippen molar-refractivity contribution in [3.8, 4) is 0 Å². The fourth-order valence-corrected chi connectivity index (χ4v) is 3.68. The Morgan fingerprint density at radius 1 is 1.22 bits per heavy atom. The summed E-state index contributed by atoms with van der Waals surface area (Å²) in [6.07, 6.45) is 3.54. The first-order valence-corrected chi connectivity index (χ1v) is 9.02. The molecule has 0 amide bonds. The van der Waals surface area contributed by atoms with Crippen molar-refractivity contribution in [2.24, 2.45) is 5.92 Å². The van der Waals surface area contributed by atoms with Crippen LogP contribution >= 0.6 is 0 Å². The highest BCUT2D eigenvalue weighted by molar-refractivity contribution is 5.20. The van der Waals surface area contributed by atoms with Gasteiger partial charge in [0.05, 0.1) is 5.60 Å². The molecule has 2 atom stereocenters. The van der Waals surface area contributed by atoms with E-state index in [1.165, 1.54) is 18.4 Å². The third-order valence-corrected chi connectivity index (χ3v) is 4.90. The standard InChI is InChI=1S/C20H34N2O/c1-20(2)16-18(11-15-23-20)19(17-8-6-5-7-9-17)10-12-21-13-14-22(3)4/h5-9,18-19,21H,10-16H2,1-4H3/t18-,19-/m0/s1. The summed E-state index contributed by atoms with van der Waals surface area (Å²) < 4.78 is 5.93. The highest BCUT2D eigenvalue weighted by Crippen LogP contribution is 2.39. The van der Waals surface area contributed by atoms with Gasteiger partial charge in [0.1, 0.15) is 0 Å². The number of rotatable bonds is 8. The quantitative estimate of drug-likeness (QED) is 0.742. The van der Waals surface area contributed by atoms with Crippen LogP contribution in [-0.2, 0) is 4.74 Å². The number of benzene rings is 1. The Labute approximate surface area is 142 Å². The molecule has 1 fully saturated rings. The normalized spacial score (nSPS) is 22.2. The van der Waals surface area contributed by atoms with Crippen LogP contribution in [-0.4, -0.2) is 50.8 Å². The maximum Gasteiger partial charge on any atom is 0.0629 e. The second-order valence-electron chi connectivity index (χ2n) is 7.72. The molecule has 1 heterocycles. The summed E-state index contributed by atoms with van der Waals surface area (Å²) >= 11 is 0. The van der Waals surface area contributed by atoms with Crippen LogP contribution < -0.4 is 5.32 Å². The van der Waals surface area contributed by atoms with Crippen molar-refractivity contribution < 1.29 is 4.74 Å². The minimum absolute atomic E-state index is 0.0221. The number of hydrogen-bond acceptors (Lipinski definition) is 3. The first-order chi connectivity index (χ1) is 11.0. The molecule has 0 aromatic heterocycles. The summed E-state index contributed by atoms with van der Waals surface area (Å²) in [4.78, 5) is 2.22. The van der Waals surface area contributed by atoms with Crippen LogP contribution in [0.5, 0.6) is 0 Å². The van der Waals surface area contributed by atoms with E-state index in [9.17, 15) is 0 Å². The molecule has 0 radical (unpaired) electrons.